The lowest BCUT2D eigenvalue weighted by Crippen LogP contribution is -2.51. The summed E-state index contributed by atoms with van der Waals surface area (Å²) in [5.74, 6) is 4.10. The fourth-order valence-corrected chi connectivity index (χ4v) is 6.90. The van der Waals surface area contributed by atoms with Crippen molar-refractivity contribution in [3.63, 3.8) is 0 Å². The van der Waals surface area contributed by atoms with Gasteiger partial charge in [0.1, 0.15) is 5.78 Å². The van der Waals surface area contributed by atoms with Crippen LogP contribution >= 0.6 is 0 Å². The maximum absolute atomic E-state index is 12.4. The van der Waals surface area contributed by atoms with Gasteiger partial charge in [-0.2, -0.15) is 0 Å². The van der Waals surface area contributed by atoms with E-state index in [2.05, 4.69) is 13.8 Å². The maximum atomic E-state index is 12.4. The highest BCUT2D eigenvalue weighted by atomic mass is 16.1. The molecule has 1 heteroatoms. The van der Waals surface area contributed by atoms with E-state index in [4.69, 9.17) is 0 Å². The highest BCUT2D eigenvalue weighted by Gasteiger charge is 2.58. The van der Waals surface area contributed by atoms with Gasteiger partial charge in [0.15, 0.2) is 0 Å². The molecule has 0 heterocycles. The predicted octanol–water partition coefficient (Wildman–Crippen LogP) is 4.99. The molecule has 0 spiro atoms. The summed E-state index contributed by atoms with van der Waals surface area (Å²) in [5.41, 5.74) is 0.688. The minimum Gasteiger partial charge on any atom is -0.299 e. The Morgan fingerprint density at radius 3 is 2.70 bits per heavy atom. The number of hydrogen-bond donors (Lipinski definition) is 0. The molecule has 4 aliphatic rings. The number of ketones is 1. The Balaban J connectivity index is 1.64. The molecule has 4 rings (SSSR count). The lowest BCUT2D eigenvalue weighted by Gasteiger charge is -2.58. The Hall–Kier alpha value is -0.330. The van der Waals surface area contributed by atoms with Crippen molar-refractivity contribution in [3.8, 4) is 0 Å². The molecule has 1 nitrogen and oxygen atoms in total. The van der Waals surface area contributed by atoms with Gasteiger partial charge >= 0.3 is 0 Å². The Morgan fingerprint density at radius 2 is 1.85 bits per heavy atom. The molecule has 0 unspecified atom stereocenters. The highest BCUT2D eigenvalue weighted by molar-refractivity contribution is 5.87. The molecule has 4 aliphatic carbocycles. The summed E-state index contributed by atoms with van der Waals surface area (Å²) in [6.07, 6.45) is 13.4. The van der Waals surface area contributed by atoms with Gasteiger partial charge in [0.05, 0.1) is 0 Å². The number of hydrogen-bond acceptors (Lipinski definition) is 1. The summed E-state index contributed by atoms with van der Waals surface area (Å²) in [6, 6.07) is 0. The summed E-state index contributed by atoms with van der Waals surface area (Å²) in [5, 5.41) is 0. The van der Waals surface area contributed by atoms with Crippen LogP contribution in [-0.4, -0.2) is 5.78 Å². The van der Waals surface area contributed by atoms with Crippen LogP contribution in [0.25, 0.3) is 0 Å². The number of Topliss-reactive ketones (excluding diaryl/α,β-unsaturated/α-hetero) is 1. The molecule has 0 aromatic heterocycles. The second-order valence-electron chi connectivity index (χ2n) is 8.91. The third-order valence-corrected chi connectivity index (χ3v) is 8.24. The van der Waals surface area contributed by atoms with Crippen molar-refractivity contribution in [3.05, 3.63) is 0 Å². The minimum atomic E-state index is 0.0685. The monoisotopic (exact) mass is 274 g/mol. The fraction of sp³-hybridized carbons (Fsp3) is 0.947. The molecule has 0 aromatic carbocycles. The predicted molar refractivity (Wildman–Crippen MR) is 81.4 cm³/mol. The smallest absolute Gasteiger partial charge is 0.139 e. The van der Waals surface area contributed by atoms with Crippen LogP contribution in [0.4, 0.5) is 0 Å². The summed E-state index contributed by atoms with van der Waals surface area (Å²) in [4.78, 5) is 12.4. The molecule has 112 valence electrons. The van der Waals surface area contributed by atoms with Gasteiger partial charge in [0, 0.05) is 11.8 Å². The van der Waals surface area contributed by atoms with E-state index < -0.39 is 0 Å². The Labute approximate surface area is 123 Å². The highest BCUT2D eigenvalue weighted by Crippen LogP contribution is 2.64. The molecule has 4 saturated carbocycles. The largest absolute Gasteiger partial charge is 0.299 e. The summed E-state index contributed by atoms with van der Waals surface area (Å²) >= 11 is 0. The molecule has 0 amide bonds. The molecular weight excluding hydrogens is 244 g/mol. The molecule has 0 radical (unpaired) electrons. The van der Waals surface area contributed by atoms with E-state index in [9.17, 15) is 4.79 Å². The molecule has 4 fully saturated rings. The van der Waals surface area contributed by atoms with Gasteiger partial charge in [-0.15, -0.1) is 0 Å². The normalized spacial score (nSPS) is 55.0. The van der Waals surface area contributed by atoms with E-state index in [1.54, 1.807) is 0 Å². The third kappa shape index (κ3) is 1.64. The molecule has 0 bridgehead atoms. The van der Waals surface area contributed by atoms with Crippen molar-refractivity contribution >= 4 is 5.78 Å². The lowest BCUT2D eigenvalue weighted by molar-refractivity contribution is -0.136. The van der Waals surface area contributed by atoms with Gasteiger partial charge in [-0.3, -0.25) is 4.79 Å². The van der Waals surface area contributed by atoms with Crippen LogP contribution in [0.3, 0.4) is 0 Å². The van der Waals surface area contributed by atoms with Crippen LogP contribution in [0.5, 0.6) is 0 Å². The van der Waals surface area contributed by atoms with Crippen molar-refractivity contribution in [1.82, 2.24) is 0 Å². The van der Waals surface area contributed by atoms with Crippen LogP contribution in [0.2, 0.25) is 0 Å². The second kappa shape index (κ2) is 4.34. The first-order valence-corrected chi connectivity index (χ1v) is 9.07. The van der Waals surface area contributed by atoms with Crippen molar-refractivity contribution in [2.75, 3.05) is 0 Å². The zero-order valence-electron chi connectivity index (χ0n) is 13.3. The Morgan fingerprint density at radius 1 is 1.00 bits per heavy atom. The van der Waals surface area contributed by atoms with Gasteiger partial charge in [-0.05, 0) is 74.0 Å². The number of carbonyl (C=O) groups is 1. The molecule has 0 saturated heterocycles. The zero-order valence-corrected chi connectivity index (χ0v) is 13.3. The van der Waals surface area contributed by atoms with E-state index in [0.717, 1.165) is 24.2 Å². The first-order chi connectivity index (χ1) is 9.54. The molecule has 0 N–H and O–H groups in total. The second-order valence-corrected chi connectivity index (χ2v) is 8.91. The van der Waals surface area contributed by atoms with Crippen molar-refractivity contribution in [1.29, 1.82) is 0 Å². The molecular formula is C19H30O. The van der Waals surface area contributed by atoms with Gasteiger partial charge in [-0.25, -0.2) is 0 Å². The average Bonchev–Trinajstić information content (AvgIpc) is 2.72. The van der Waals surface area contributed by atoms with Crippen LogP contribution in [-0.2, 0) is 4.79 Å². The number of carbonyl (C=O) groups excluding carboxylic acids is 1. The van der Waals surface area contributed by atoms with Gasteiger partial charge in [0.25, 0.3) is 0 Å². The van der Waals surface area contributed by atoms with Crippen LogP contribution in [0, 0.1) is 34.5 Å². The van der Waals surface area contributed by atoms with Crippen LogP contribution in [0.15, 0.2) is 0 Å². The topological polar surface area (TPSA) is 17.1 Å². The van der Waals surface area contributed by atoms with Gasteiger partial charge in [-0.1, -0.05) is 26.7 Å². The standard InChI is InChI=1S/C19H30O/c1-18-10-4-3-5-14(18)7-6-13-12-19(2)15(11-16(13)18)8-9-17(19)20/h13-16H,3-12H2,1-2H3/t13-,14+,15+,16-,18-,19+/m1/s1. The summed E-state index contributed by atoms with van der Waals surface area (Å²) in [6.45, 7) is 4.92. The number of fused-ring (bicyclic) bond motifs is 4. The quantitative estimate of drug-likeness (QED) is 0.608. The van der Waals surface area contributed by atoms with Crippen molar-refractivity contribution in [2.45, 2.75) is 78.1 Å². The number of rotatable bonds is 0. The van der Waals surface area contributed by atoms with E-state index in [1.807, 2.05) is 0 Å². The van der Waals surface area contributed by atoms with E-state index in [0.29, 0.717) is 17.1 Å². The van der Waals surface area contributed by atoms with Crippen molar-refractivity contribution in [2.24, 2.45) is 34.5 Å². The minimum absolute atomic E-state index is 0.0685. The molecule has 6 atom stereocenters. The molecule has 0 aliphatic heterocycles. The van der Waals surface area contributed by atoms with Crippen LogP contribution < -0.4 is 0 Å². The first kappa shape index (κ1) is 13.3. The van der Waals surface area contributed by atoms with Crippen LogP contribution in [0.1, 0.15) is 78.1 Å². The summed E-state index contributed by atoms with van der Waals surface area (Å²) in [7, 11) is 0. The Kier molecular flexibility index (Phi) is 2.89. The van der Waals surface area contributed by atoms with E-state index >= 15 is 0 Å². The van der Waals surface area contributed by atoms with Crippen molar-refractivity contribution < 1.29 is 4.79 Å². The zero-order chi connectivity index (χ0) is 14.0. The fourth-order valence-electron chi connectivity index (χ4n) is 6.90. The third-order valence-electron chi connectivity index (χ3n) is 8.24. The Bertz CT molecular complexity index is 427. The summed E-state index contributed by atoms with van der Waals surface area (Å²) < 4.78 is 0. The molecule has 0 aromatic rings. The lowest BCUT2D eigenvalue weighted by atomic mass is 9.46. The van der Waals surface area contributed by atoms with E-state index in [1.165, 1.54) is 57.8 Å². The maximum Gasteiger partial charge on any atom is 0.139 e. The van der Waals surface area contributed by atoms with Gasteiger partial charge in [0.2, 0.25) is 0 Å². The average molecular weight is 274 g/mol. The SMILES string of the molecule is C[C@@]12CCCC[C@H]1CC[C@@H]1C[C@]3(C)C(=O)CC[C@H]3C[C@H]12. The first-order valence-electron chi connectivity index (χ1n) is 9.07. The van der Waals surface area contributed by atoms with E-state index in [-0.39, 0.29) is 5.41 Å². The van der Waals surface area contributed by atoms with Gasteiger partial charge < -0.3 is 0 Å². The molecule has 20 heavy (non-hydrogen) atoms.